The topological polar surface area (TPSA) is 89.3 Å². The van der Waals surface area contributed by atoms with Gasteiger partial charge in [-0.1, -0.05) is 0 Å². The van der Waals surface area contributed by atoms with Crippen molar-refractivity contribution in [3.8, 4) is 0 Å². The minimum atomic E-state index is -0.902. The van der Waals surface area contributed by atoms with Crippen molar-refractivity contribution in [1.29, 1.82) is 0 Å². The summed E-state index contributed by atoms with van der Waals surface area (Å²) >= 11 is 1.96. The van der Waals surface area contributed by atoms with E-state index in [1.165, 1.54) is 12.1 Å². The average Bonchev–Trinajstić information content (AvgIpc) is 2.36. The van der Waals surface area contributed by atoms with Gasteiger partial charge in [0.2, 0.25) is 0 Å². The maximum absolute atomic E-state index is 12.1. The Morgan fingerprint density at radius 3 is 2.75 bits per heavy atom. The zero-order chi connectivity index (χ0) is 15.3. The van der Waals surface area contributed by atoms with E-state index in [-0.39, 0.29) is 23.2 Å². The lowest BCUT2D eigenvalue weighted by molar-refractivity contribution is -0.384. The molecule has 0 spiro atoms. The number of nitrogens with one attached hydrogen (secondary N) is 1. The Bertz CT molecular complexity index is 550. The molecule has 8 heteroatoms. The van der Waals surface area contributed by atoms with Crippen LogP contribution in [0.25, 0.3) is 0 Å². The highest BCUT2D eigenvalue weighted by Gasteiger charge is 2.17. The van der Waals surface area contributed by atoms with Crippen LogP contribution in [-0.4, -0.2) is 33.1 Å². The van der Waals surface area contributed by atoms with Crippen LogP contribution in [0, 0.1) is 13.7 Å². The molecule has 0 aromatic heterocycles. The van der Waals surface area contributed by atoms with Gasteiger partial charge in [0.1, 0.15) is 0 Å². The highest BCUT2D eigenvalue weighted by molar-refractivity contribution is 14.1. The van der Waals surface area contributed by atoms with E-state index in [1.807, 2.05) is 29.5 Å². The Hall–Kier alpha value is -1.03. The van der Waals surface area contributed by atoms with Crippen molar-refractivity contribution in [2.45, 2.75) is 19.4 Å². The lowest BCUT2D eigenvalue weighted by atomic mass is 10.1. The van der Waals surface area contributed by atoms with Crippen molar-refractivity contribution >= 4 is 45.0 Å². The first kappa shape index (κ1) is 17.0. The van der Waals surface area contributed by atoms with E-state index in [0.29, 0.717) is 15.7 Å². The van der Waals surface area contributed by atoms with Gasteiger partial charge in [-0.3, -0.25) is 19.1 Å². The van der Waals surface area contributed by atoms with Crippen molar-refractivity contribution in [2.75, 3.05) is 12.0 Å². The summed E-state index contributed by atoms with van der Waals surface area (Å²) in [6.45, 7) is 1.81. The second kappa shape index (κ2) is 7.67. The van der Waals surface area contributed by atoms with Crippen LogP contribution in [0.4, 0.5) is 5.69 Å². The maximum Gasteiger partial charge on any atom is 0.270 e. The Labute approximate surface area is 133 Å². The monoisotopic (exact) mass is 410 g/mol. The molecule has 0 heterocycles. The summed E-state index contributed by atoms with van der Waals surface area (Å²) in [7, 11) is -0.902. The molecule has 0 radical (unpaired) electrons. The number of amides is 1. The molecular weight excluding hydrogens is 395 g/mol. The van der Waals surface area contributed by atoms with Gasteiger partial charge in [-0.25, -0.2) is 0 Å². The molecule has 0 aliphatic heterocycles. The van der Waals surface area contributed by atoms with E-state index in [1.54, 1.807) is 12.3 Å². The van der Waals surface area contributed by atoms with Gasteiger partial charge in [0.15, 0.2) is 0 Å². The minimum absolute atomic E-state index is 0.113. The molecule has 1 aromatic carbocycles. The number of non-ortho nitro benzene ring substituents is 1. The fourth-order valence-corrected chi connectivity index (χ4v) is 2.78. The van der Waals surface area contributed by atoms with E-state index < -0.39 is 15.7 Å². The zero-order valence-corrected chi connectivity index (χ0v) is 14.1. The maximum atomic E-state index is 12.1. The van der Waals surface area contributed by atoms with E-state index in [0.717, 1.165) is 0 Å². The molecular formula is C12H15IN2O4S. The third kappa shape index (κ3) is 5.16. The normalized spacial score (nSPS) is 13.6. The van der Waals surface area contributed by atoms with Gasteiger partial charge < -0.3 is 5.32 Å². The van der Waals surface area contributed by atoms with Crippen LogP contribution in [0.5, 0.6) is 0 Å². The molecule has 0 saturated carbocycles. The fraction of sp³-hybridized carbons (Fsp3) is 0.417. The third-order valence-electron chi connectivity index (χ3n) is 2.62. The number of benzene rings is 1. The van der Waals surface area contributed by atoms with E-state index in [2.05, 4.69) is 5.32 Å². The predicted octanol–water partition coefficient (Wildman–Crippen LogP) is 2.09. The molecule has 2 unspecified atom stereocenters. The molecule has 0 bridgehead atoms. The Kier molecular flexibility index (Phi) is 6.53. The number of hydrogen-bond donors (Lipinski definition) is 1. The summed E-state index contributed by atoms with van der Waals surface area (Å²) in [5, 5.41) is 13.5. The molecule has 6 nitrogen and oxygen atoms in total. The number of nitro benzene ring substituents is 1. The van der Waals surface area contributed by atoms with Crippen molar-refractivity contribution < 1.29 is 13.9 Å². The fourth-order valence-electron chi connectivity index (χ4n) is 1.52. The van der Waals surface area contributed by atoms with Gasteiger partial charge in [0.25, 0.3) is 11.6 Å². The highest BCUT2D eigenvalue weighted by atomic mass is 127. The number of hydrogen-bond acceptors (Lipinski definition) is 4. The van der Waals surface area contributed by atoms with Crippen molar-refractivity contribution in [3.63, 3.8) is 0 Å². The summed E-state index contributed by atoms with van der Waals surface area (Å²) in [5.41, 5.74) is 0.169. The number of rotatable bonds is 6. The third-order valence-corrected chi connectivity index (χ3v) is 4.37. The summed E-state index contributed by atoms with van der Waals surface area (Å²) in [6, 6.07) is 4.03. The Balaban J connectivity index is 2.79. The van der Waals surface area contributed by atoms with Crippen molar-refractivity contribution in [3.05, 3.63) is 37.4 Å². The first-order valence-electron chi connectivity index (χ1n) is 5.86. The van der Waals surface area contributed by atoms with Gasteiger partial charge in [-0.2, -0.15) is 0 Å². The standard InChI is InChI=1S/C12H15IN2O4S/c1-8(5-6-20(2)19)14-12(16)10-7-9(15(17)18)3-4-11(10)13/h3-4,7-8H,5-6H2,1-2H3,(H,14,16). The van der Waals surface area contributed by atoms with Crippen LogP contribution in [0.2, 0.25) is 0 Å². The summed E-state index contributed by atoms with van der Waals surface area (Å²) in [4.78, 5) is 22.3. The summed E-state index contributed by atoms with van der Waals surface area (Å²) < 4.78 is 11.6. The van der Waals surface area contributed by atoms with Crippen LogP contribution >= 0.6 is 22.6 Å². The molecule has 1 N–H and O–H groups in total. The Morgan fingerprint density at radius 2 is 2.20 bits per heavy atom. The average molecular weight is 410 g/mol. The van der Waals surface area contributed by atoms with E-state index in [4.69, 9.17) is 0 Å². The van der Waals surface area contributed by atoms with Crippen molar-refractivity contribution in [1.82, 2.24) is 5.32 Å². The molecule has 1 rings (SSSR count). The SMILES string of the molecule is CC(CCS(C)=O)NC(=O)c1cc([N+](=O)[O-])ccc1I. The predicted molar refractivity (Wildman–Crippen MR) is 86.3 cm³/mol. The molecule has 0 aliphatic carbocycles. The smallest absolute Gasteiger partial charge is 0.270 e. The first-order chi connectivity index (χ1) is 9.31. The van der Waals surface area contributed by atoms with Crippen LogP contribution in [-0.2, 0) is 10.8 Å². The van der Waals surface area contributed by atoms with Gasteiger partial charge in [0.05, 0.1) is 10.5 Å². The lowest BCUT2D eigenvalue weighted by Gasteiger charge is -2.13. The summed E-state index contributed by atoms with van der Waals surface area (Å²) in [6.07, 6.45) is 2.21. The van der Waals surface area contributed by atoms with Crippen LogP contribution in [0.15, 0.2) is 18.2 Å². The lowest BCUT2D eigenvalue weighted by Crippen LogP contribution is -2.34. The molecule has 0 fully saturated rings. The number of nitro groups is 1. The van der Waals surface area contributed by atoms with Crippen molar-refractivity contribution in [2.24, 2.45) is 0 Å². The Morgan fingerprint density at radius 1 is 1.55 bits per heavy atom. The summed E-state index contributed by atoms with van der Waals surface area (Å²) in [5.74, 6) is 0.153. The largest absolute Gasteiger partial charge is 0.350 e. The number of carbonyl (C=O) groups excluding carboxylic acids is 1. The van der Waals surface area contributed by atoms with E-state index in [9.17, 15) is 19.1 Å². The molecule has 0 saturated heterocycles. The quantitative estimate of drug-likeness (QED) is 0.442. The van der Waals surface area contributed by atoms with Gasteiger partial charge >= 0.3 is 0 Å². The molecule has 110 valence electrons. The number of nitrogens with zero attached hydrogens (tertiary/aromatic N) is 1. The number of carbonyl (C=O) groups is 1. The van der Waals surface area contributed by atoms with Gasteiger partial charge in [-0.15, -0.1) is 0 Å². The van der Waals surface area contributed by atoms with E-state index >= 15 is 0 Å². The van der Waals surface area contributed by atoms with Gasteiger partial charge in [0, 0.05) is 44.6 Å². The highest BCUT2D eigenvalue weighted by Crippen LogP contribution is 2.19. The molecule has 1 aromatic rings. The molecule has 1 amide bonds. The van der Waals surface area contributed by atoms with Crippen LogP contribution < -0.4 is 5.32 Å². The second-order valence-electron chi connectivity index (χ2n) is 4.36. The molecule has 2 atom stereocenters. The van der Waals surface area contributed by atoms with Crippen LogP contribution in [0.1, 0.15) is 23.7 Å². The molecule has 20 heavy (non-hydrogen) atoms. The van der Waals surface area contributed by atoms with Gasteiger partial charge in [-0.05, 0) is 42.0 Å². The second-order valence-corrected chi connectivity index (χ2v) is 7.08. The number of halogens is 1. The van der Waals surface area contributed by atoms with Crippen LogP contribution in [0.3, 0.4) is 0 Å². The molecule has 0 aliphatic rings. The first-order valence-corrected chi connectivity index (χ1v) is 8.66. The minimum Gasteiger partial charge on any atom is -0.350 e. The zero-order valence-electron chi connectivity index (χ0n) is 11.1.